The number of hydrogen-bond donors (Lipinski definition) is 2. The van der Waals surface area contributed by atoms with Crippen molar-refractivity contribution in [2.45, 2.75) is 37.5 Å². The molecule has 1 saturated heterocycles. The van der Waals surface area contributed by atoms with Crippen LogP contribution < -0.4 is 15.8 Å². The molecule has 1 heterocycles. The number of rotatable bonds is 7. The number of nitrogens with zero attached hydrogens (tertiary/aromatic N) is 1. The van der Waals surface area contributed by atoms with E-state index in [9.17, 15) is 18.0 Å². The standard InChI is InChI=1S/C23H29N3O5S/c1-15(2)17-8-11-20(31-3)21(13-17)32(29,30)26-12-4-5-18(14-26)23(28)25-19-9-6-16(7-10-19)22(24)27/h6-11,13,15,18H,4-5,12,14H2,1-3H3,(H2,24,27)(H,25,28)/t18-/m0/s1. The maximum absolute atomic E-state index is 13.4. The first kappa shape index (κ1) is 23.7. The zero-order valence-corrected chi connectivity index (χ0v) is 19.3. The van der Waals surface area contributed by atoms with Gasteiger partial charge in [-0.2, -0.15) is 4.31 Å². The highest BCUT2D eigenvalue weighted by molar-refractivity contribution is 7.89. The van der Waals surface area contributed by atoms with Gasteiger partial charge in [0.1, 0.15) is 10.6 Å². The van der Waals surface area contributed by atoms with E-state index in [1.54, 1.807) is 24.3 Å². The monoisotopic (exact) mass is 459 g/mol. The topological polar surface area (TPSA) is 119 Å². The number of primary amides is 1. The molecule has 1 atom stereocenters. The Kier molecular flexibility index (Phi) is 7.20. The Hall–Kier alpha value is -2.91. The van der Waals surface area contributed by atoms with Crippen molar-refractivity contribution < 1.29 is 22.7 Å². The number of benzene rings is 2. The van der Waals surface area contributed by atoms with Crippen molar-refractivity contribution in [3.63, 3.8) is 0 Å². The molecule has 0 bridgehead atoms. The zero-order chi connectivity index (χ0) is 23.5. The number of carbonyl (C=O) groups excluding carboxylic acids is 2. The number of hydrogen-bond acceptors (Lipinski definition) is 5. The fourth-order valence-electron chi connectivity index (χ4n) is 3.73. The minimum atomic E-state index is -3.84. The molecule has 2 aromatic rings. The second-order valence-electron chi connectivity index (χ2n) is 8.20. The third-order valence-corrected chi connectivity index (χ3v) is 7.55. The quantitative estimate of drug-likeness (QED) is 0.660. The second-order valence-corrected chi connectivity index (χ2v) is 10.1. The molecule has 0 aromatic heterocycles. The summed E-state index contributed by atoms with van der Waals surface area (Å²) < 4.78 is 33.6. The predicted octanol–water partition coefficient (Wildman–Crippen LogP) is 2.96. The molecular weight excluding hydrogens is 430 g/mol. The Morgan fingerprint density at radius 3 is 2.44 bits per heavy atom. The van der Waals surface area contributed by atoms with Crippen molar-refractivity contribution in [2.75, 3.05) is 25.5 Å². The summed E-state index contributed by atoms with van der Waals surface area (Å²) in [6.45, 7) is 4.42. The van der Waals surface area contributed by atoms with E-state index in [1.165, 1.54) is 23.5 Å². The van der Waals surface area contributed by atoms with Crippen molar-refractivity contribution in [1.29, 1.82) is 0 Å². The summed E-state index contributed by atoms with van der Waals surface area (Å²) >= 11 is 0. The Labute approximate surface area is 188 Å². The highest BCUT2D eigenvalue weighted by atomic mass is 32.2. The third kappa shape index (κ3) is 5.11. The van der Waals surface area contributed by atoms with E-state index in [4.69, 9.17) is 10.5 Å². The van der Waals surface area contributed by atoms with Gasteiger partial charge in [-0.25, -0.2) is 8.42 Å². The molecule has 32 heavy (non-hydrogen) atoms. The first-order valence-corrected chi connectivity index (χ1v) is 12.0. The summed E-state index contributed by atoms with van der Waals surface area (Å²) in [7, 11) is -2.39. The SMILES string of the molecule is COc1ccc(C(C)C)cc1S(=O)(=O)N1CCC[C@H](C(=O)Nc2ccc(C(N)=O)cc2)C1. The number of ether oxygens (including phenoxy) is 1. The van der Waals surface area contributed by atoms with E-state index in [0.29, 0.717) is 30.6 Å². The highest BCUT2D eigenvalue weighted by Crippen LogP contribution is 2.32. The Morgan fingerprint density at radius 1 is 1.16 bits per heavy atom. The van der Waals surface area contributed by atoms with Crippen molar-refractivity contribution in [1.82, 2.24) is 4.31 Å². The van der Waals surface area contributed by atoms with Gasteiger partial charge in [-0.1, -0.05) is 19.9 Å². The average molecular weight is 460 g/mol. The summed E-state index contributed by atoms with van der Waals surface area (Å²) in [5.41, 5.74) is 7.00. The van der Waals surface area contributed by atoms with Crippen LogP contribution in [0.3, 0.4) is 0 Å². The fourth-order valence-corrected chi connectivity index (χ4v) is 5.44. The maximum atomic E-state index is 13.4. The molecule has 172 valence electrons. The second kappa shape index (κ2) is 9.70. The number of methoxy groups -OCH3 is 1. The molecular formula is C23H29N3O5S. The lowest BCUT2D eigenvalue weighted by Crippen LogP contribution is -2.43. The Bertz CT molecular complexity index is 1100. The lowest BCUT2D eigenvalue weighted by atomic mass is 9.98. The van der Waals surface area contributed by atoms with Crippen molar-refractivity contribution in [3.8, 4) is 5.75 Å². The maximum Gasteiger partial charge on any atom is 0.248 e. The number of sulfonamides is 1. The van der Waals surface area contributed by atoms with Crippen LogP contribution in [0.25, 0.3) is 0 Å². The minimum Gasteiger partial charge on any atom is -0.495 e. The Morgan fingerprint density at radius 2 is 1.84 bits per heavy atom. The van der Waals surface area contributed by atoms with E-state index < -0.39 is 21.8 Å². The zero-order valence-electron chi connectivity index (χ0n) is 18.5. The normalized spacial score (nSPS) is 17.2. The molecule has 0 aliphatic carbocycles. The predicted molar refractivity (Wildman–Crippen MR) is 122 cm³/mol. The number of amides is 2. The number of anilines is 1. The number of piperidine rings is 1. The van der Waals surface area contributed by atoms with Gasteiger partial charge in [-0.05, 0) is 60.7 Å². The summed E-state index contributed by atoms with van der Waals surface area (Å²) in [5, 5.41) is 2.80. The lowest BCUT2D eigenvalue weighted by Gasteiger charge is -2.31. The fraction of sp³-hybridized carbons (Fsp3) is 0.391. The molecule has 1 aliphatic rings. The number of nitrogens with one attached hydrogen (secondary N) is 1. The van der Waals surface area contributed by atoms with E-state index in [2.05, 4.69) is 5.32 Å². The van der Waals surface area contributed by atoms with Gasteiger partial charge >= 0.3 is 0 Å². The largest absolute Gasteiger partial charge is 0.495 e. The number of carbonyl (C=O) groups is 2. The van der Waals surface area contributed by atoms with Crippen LogP contribution in [0.2, 0.25) is 0 Å². The third-order valence-electron chi connectivity index (χ3n) is 5.66. The summed E-state index contributed by atoms with van der Waals surface area (Å²) in [5.74, 6) is -0.854. The molecule has 9 heteroatoms. The first-order chi connectivity index (χ1) is 15.1. The Balaban J connectivity index is 1.78. The molecule has 2 aromatic carbocycles. The minimum absolute atomic E-state index is 0.0859. The van der Waals surface area contributed by atoms with Gasteiger partial charge in [0.25, 0.3) is 0 Å². The van der Waals surface area contributed by atoms with Gasteiger partial charge in [0, 0.05) is 24.3 Å². The van der Waals surface area contributed by atoms with Gasteiger partial charge in [0.15, 0.2) is 0 Å². The first-order valence-electron chi connectivity index (χ1n) is 10.5. The van der Waals surface area contributed by atoms with Crippen LogP contribution in [0, 0.1) is 5.92 Å². The molecule has 3 N–H and O–H groups in total. The van der Waals surface area contributed by atoms with Gasteiger partial charge in [-0.3, -0.25) is 9.59 Å². The smallest absolute Gasteiger partial charge is 0.248 e. The van der Waals surface area contributed by atoms with Crippen LogP contribution in [0.5, 0.6) is 5.75 Å². The van der Waals surface area contributed by atoms with Crippen LogP contribution in [0.4, 0.5) is 5.69 Å². The molecule has 0 spiro atoms. The van der Waals surface area contributed by atoms with Crippen LogP contribution in [-0.4, -0.2) is 44.7 Å². The summed E-state index contributed by atoms with van der Waals surface area (Å²) in [4.78, 5) is 24.1. The summed E-state index contributed by atoms with van der Waals surface area (Å²) in [6, 6.07) is 11.4. The van der Waals surface area contributed by atoms with Crippen molar-refractivity contribution in [3.05, 3.63) is 53.6 Å². The molecule has 0 unspecified atom stereocenters. The van der Waals surface area contributed by atoms with Crippen molar-refractivity contribution in [2.24, 2.45) is 11.7 Å². The van der Waals surface area contributed by atoms with Gasteiger partial charge in [0.05, 0.1) is 13.0 Å². The molecule has 2 amide bonds. The van der Waals surface area contributed by atoms with Crippen LogP contribution in [0.15, 0.2) is 47.4 Å². The van der Waals surface area contributed by atoms with Crippen LogP contribution in [-0.2, 0) is 14.8 Å². The van der Waals surface area contributed by atoms with Crippen LogP contribution >= 0.6 is 0 Å². The molecule has 1 aliphatic heterocycles. The molecule has 1 fully saturated rings. The molecule has 0 saturated carbocycles. The number of nitrogens with two attached hydrogens (primary N) is 1. The van der Waals surface area contributed by atoms with Gasteiger partial charge in [-0.15, -0.1) is 0 Å². The molecule has 8 nitrogen and oxygen atoms in total. The highest BCUT2D eigenvalue weighted by Gasteiger charge is 2.35. The van der Waals surface area contributed by atoms with Gasteiger partial charge in [0.2, 0.25) is 21.8 Å². The van der Waals surface area contributed by atoms with E-state index in [1.807, 2.05) is 19.9 Å². The van der Waals surface area contributed by atoms with Crippen molar-refractivity contribution >= 4 is 27.5 Å². The lowest BCUT2D eigenvalue weighted by molar-refractivity contribution is -0.120. The van der Waals surface area contributed by atoms with E-state index in [-0.39, 0.29) is 29.0 Å². The molecule has 0 radical (unpaired) electrons. The van der Waals surface area contributed by atoms with Gasteiger partial charge < -0.3 is 15.8 Å². The van der Waals surface area contributed by atoms with E-state index in [0.717, 1.165) is 5.56 Å². The average Bonchev–Trinajstić information content (AvgIpc) is 2.79. The summed E-state index contributed by atoms with van der Waals surface area (Å²) in [6.07, 6.45) is 1.16. The molecule has 3 rings (SSSR count). The van der Waals surface area contributed by atoms with Crippen LogP contribution in [0.1, 0.15) is 48.5 Å². The van der Waals surface area contributed by atoms with E-state index >= 15 is 0 Å².